The highest BCUT2D eigenvalue weighted by Gasteiger charge is 2.27. The smallest absolute Gasteiger partial charge is 0.410 e. The van der Waals surface area contributed by atoms with E-state index in [1.807, 2.05) is 41.4 Å². The maximum Gasteiger partial charge on any atom is 0.410 e. The van der Waals surface area contributed by atoms with Crippen LogP contribution in [0.5, 0.6) is 5.75 Å². The minimum Gasteiger partial charge on any atom is -0.493 e. The minimum atomic E-state index is -0.221. The quantitative estimate of drug-likeness (QED) is 0.148. The lowest BCUT2D eigenvalue weighted by Crippen LogP contribution is -2.40. The first-order valence-corrected chi connectivity index (χ1v) is 18.3. The summed E-state index contributed by atoms with van der Waals surface area (Å²) in [6, 6.07) is 18.4. The zero-order valence-electron chi connectivity index (χ0n) is 28.5. The molecule has 0 aliphatic carbocycles. The van der Waals surface area contributed by atoms with E-state index in [0.717, 1.165) is 47.9 Å². The molecule has 1 aromatic heterocycles. The summed E-state index contributed by atoms with van der Waals surface area (Å²) in [5.74, 6) is 3.04. The highest BCUT2D eigenvalue weighted by Crippen LogP contribution is 2.32. The van der Waals surface area contributed by atoms with Crippen molar-refractivity contribution in [1.82, 2.24) is 14.8 Å². The second-order valence-corrected chi connectivity index (χ2v) is 13.8. The van der Waals surface area contributed by atoms with Crippen molar-refractivity contribution in [3.8, 4) is 5.75 Å². The molecule has 3 heterocycles. The number of fused-ring (bicyclic) bond motifs is 1. The summed E-state index contributed by atoms with van der Waals surface area (Å²) in [6.45, 7) is 11.0. The Balaban J connectivity index is 1.05. The number of nitrogens with zero attached hydrogens (tertiary/aromatic N) is 3. The summed E-state index contributed by atoms with van der Waals surface area (Å²) in [7, 11) is 0. The molecular weight excluding hydrogens is 570 g/mol. The second-order valence-electron chi connectivity index (χ2n) is 13.8. The van der Waals surface area contributed by atoms with Crippen LogP contribution in [-0.4, -0.2) is 60.2 Å². The summed E-state index contributed by atoms with van der Waals surface area (Å²) >= 11 is 0. The fourth-order valence-electron chi connectivity index (χ4n) is 7.49. The Bertz CT molecular complexity index is 1320. The van der Waals surface area contributed by atoms with Gasteiger partial charge >= 0.3 is 6.09 Å². The third kappa shape index (κ3) is 10.2. The Hall–Kier alpha value is -3.12. The molecule has 3 aromatic rings. The molecule has 2 atom stereocenters. The van der Waals surface area contributed by atoms with Gasteiger partial charge in [-0.05, 0) is 111 Å². The van der Waals surface area contributed by atoms with Crippen LogP contribution in [0.2, 0.25) is 0 Å². The number of benzene rings is 2. The van der Waals surface area contributed by atoms with Crippen LogP contribution in [0.3, 0.4) is 0 Å². The molecule has 0 spiro atoms. The maximum atomic E-state index is 12.5. The monoisotopic (exact) mass is 627 g/mol. The first-order chi connectivity index (χ1) is 22.6. The van der Waals surface area contributed by atoms with Crippen LogP contribution < -0.4 is 4.74 Å². The number of carbonyl (C=O) groups excluding carboxylic acids is 1. The Kier molecular flexibility index (Phi) is 13.6. The van der Waals surface area contributed by atoms with Crippen molar-refractivity contribution in [3.63, 3.8) is 0 Å². The molecule has 2 saturated heterocycles. The van der Waals surface area contributed by atoms with E-state index >= 15 is 0 Å². The zero-order chi connectivity index (χ0) is 32.0. The standard InChI is InChI=1S/C40H57N3O3/c1-3-5-6-7-11-24-42-25-22-35(34(4-2)29-42)15-12-16-36-19-23-41-39-18-17-37(28-38(36)39)45-30-33-20-26-43(27-21-33)40(44)46-31-32-13-9-8-10-14-32/h8-10,13-14,17-19,23,28,33-35H,3-7,11-12,15-16,20-22,24-27,29-31H2,1-2H3/t34-,35+/m0/s1. The van der Waals surface area contributed by atoms with Crippen molar-refractivity contribution < 1.29 is 14.3 Å². The summed E-state index contributed by atoms with van der Waals surface area (Å²) in [4.78, 5) is 21.8. The zero-order valence-corrected chi connectivity index (χ0v) is 28.5. The van der Waals surface area contributed by atoms with Crippen molar-refractivity contribution >= 4 is 17.0 Å². The molecule has 2 aromatic carbocycles. The van der Waals surface area contributed by atoms with E-state index in [4.69, 9.17) is 9.47 Å². The van der Waals surface area contributed by atoms with Gasteiger partial charge in [0.1, 0.15) is 12.4 Å². The van der Waals surface area contributed by atoms with Crippen LogP contribution in [0.25, 0.3) is 10.9 Å². The van der Waals surface area contributed by atoms with Gasteiger partial charge in [-0.3, -0.25) is 4.98 Å². The van der Waals surface area contributed by atoms with Crippen LogP contribution in [0, 0.1) is 17.8 Å². The van der Waals surface area contributed by atoms with Crippen molar-refractivity contribution in [2.24, 2.45) is 17.8 Å². The van der Waals surface area contributed by atoms with E-state index in [0.29, 0.717) is 32.2 Å². The van der Waals surface area contributed by atoms with Crippen LogP contribution >= 0.6 is 0 Å². The average Bonchev–Trinajstić information content (AvgIpc) is 3.10. The number of aromatic nitrogens is 1. The van der Waals surface area contributed by atoms with Crippen molar-refractivity contribution in [2.45, 2.75) is 97.5 Å². The van der Waals surface area contributed by atoms with Gasteiger partial charge in [-0.1, -0.05) is 76.3 Å². The van der Waals surface area contributed by atoms with Crippen LogP contribution in [0.4, 0.5) is 4.79 Å². The molecule has 250 valence electrons. The molecule has 2 fully saturated rings. The van der Waals surface area contributed by atoms with Crippen LogP contribution in [-0.2, 0) is 17.8 Å². The molecule has 6 heteroatoms. The number of piperidine rings is 2. The number of amides is 1. The topological polar surface area (TPSA) is 54.9 Å². The molecule has 2 aliphatic rings. The lowest BCUT2D eigenvalue weighted by Gasteiger charge is -2.38. The predicted octanol–water partition coefficient (Wildman–Crippen LogP) is 9.30. The third-order valence-electron chi connectivity index (χ3n) is 10.5. The minimum absolute atomic E-state index is 0.221. The Morgan fingerprint density at radius 1 is 0.891 bits per heavy atom. The number of likely N-dealkylation sites (tertiary alicyclic amines) is 2. The Morgan fingerprint density at radius 3 is 2.52 bits per heavy atom. The van der Waals surface area contributed by atoms with Crippen molar-refractivity contribution in [1.29, 1.82) is 0 Å². The second kappa shape index (κ2) is 18.3. The highest BCUT2D eigenvalue weighted by molar-refractivity contribution is 5.83. The van der Waals surface area contributed by atoms with Gasteiger partial charge in [0.25, 0.3) is 0 Å². The Labute approximate surface area is 277 Å². The van der Waals surface area contributed by atoms with Gasteiger partial charge in [-0.25, -0.2) is 4.79 Å². The first-order valence-electron chi connectivity index (χ1n) is 18.3. The van der Waals surface area contributed by atoms with Crippen LogP contribution in [0.15, 0.2) is 60.8 Å². The van der Waals surface area contributed by atoms with Gasteiger partial charge in [-0.2, -0.15) is 0 Å². The SMILES string of the molecule is CCCCCCCN1CC[C@@H](CCCc2ccnc3ccc(OCC4CCN(C(=O)OCc5ccccc5)CC4)cc23)[C@@H](CC)C1. The molecule has 0 saturated carbocycles. The van der Waals surface area contributed by atoms with E-state index < -0.39 is 0 Å². The van der Waals surface area contributed by atoms with Gasteiger partial charge in [0, 0.05) is 31.2 Å². The summed E-state index contributed by atoms with van der Waals surface area (Å²) in [5.41, 5.74) is 3.44. The molecule has 0 radical (unpaired) electrons. The molecule has 0 unspecified atom stereocenters. The van der Waals surface area contributed by atoms with Gasteiger partial charge in [0.05, 0.1) is 12.1 Å². The predicted molar refractivity (Wildman–Crippen MR) is 188 cm³/mol. The van der Waals surface area contributed by atoms with E-state index in [2.05, 4.69) is 48.0 Å². The largest absolute Gasteiger partial charge is 0.493 e. The van der Waals surface area contributed by atoms with E-state index in [-0.39, 0.29) is 6.09 Å². The molecule has 6 nitrogen and oxygen atoms in total. The number of rotatable bonds is 16. The number of unbranched alkanes of at least 4 members (excludes halogenated alkanes) is 4. The van der Waals surface area contributed by atoms with Crippen LogP contribution in [0.1, 0.15) is 95.6 Å². The Morgan fingerprint density at radius 2 is 1.72 bits per heavy atom. The number of hydrogen-bond acceptors (Lipinski definition) is 5. The summed E-state index contributed by atoms with van der Waals surface area (Å²) in [6.07, 6.45) is 16.8. The van der Waals surface area contributed by atoms with Gasteiger partial charge in [0.15, 0.2) is 0 Å². The van der Waals surface area contributed by atoms with Gasteiger partial charge < -0.3 is 19.3 Å². The lowest BCUT2D eigenvalue weighted by molar-refractivity contribution is 0.0761. The normalized spacial score (nSPS) is 19.4. The van der Waals surface area contributed by atoms with Gasteiger partial charge in [0.2, 0.25) is 0 Å². The van der Waals surface area contributed by atoms with Crippen molar-refractivity contribution in [3.05, 3.63) is 71.9 Å². The molecule has 0 bridgehead atoms. The summed E-state index contributed by atoms with van der Waals surface area (Å²) in [5, 5.41) is 1.22. The summed E-state index contributed by atoms with van der Waals surface area (Å²) < 4.78 is 11.9. The van der Waals surface area contributed by atoms with E-state index in [1.165, 1.54) is 88.4 Å². The number of carbonyl (C=O) groups is 1. The molecule has 46 heavy (non-hydrogen) atoms. The molecule has 1 amide bonds. The number of ether oxygens (including phenoxy) is 2. The number of pyridine rings is 1. The fourth-order valence-corrected chi connectivity index (χ4v) is 7.49. The number of aryl methyl sites for hydroxylation is 1. The van der Waals surface area contributed by atoms with E-state index in [1.54, 1.807) is 0 Å². The molecule has 0 N–H and O–H groups in total. The lowest BCUT2D eigenvalue weighted by atomic mass is 9.80. The molecule has 5 rings (SSSR count). The highest BCUT2D eigenvalue weighted by atomic mass is 16.6. The maximum absolute atomic E-state index is 12.5. The number of hydrogen-bond donors (Lipinski definition) is 0. The van der Waals surface area contributed by atoms with Crippen molar-refractivity contribution in [2.75, 3.05) is 39.3 Å². The molecular formula is C40H57N3O3. The fraction of sp³-hybridized carbons (Fsp3) is 0.600. The average molecular weight is 628 g/mol. The van der Waals surface area contributed by atoms with E-state index in [9.17, 15) is 4.79 Å². The first kappa shape index (κ1) is 34.2. The molecule has 2 aliphatic heterocycles. The van der Waals surface area contributed by atoms with Gasteiger partial charge in [-0.15, -0.1) is 0 Å². The third-order valence-corrected chi connectivity index (χ3v) is 10.5.